The van der Waals surface area contributed by atoms with Crippen molar-refractivity contribution >= 4 is 5.91 Å². The number of nitrogens with one attached hydrogen (secondary N) is 1. The van der Waals surface area contributed by atoms with Crippen molar-refractivity contribution in [2.24, 2.45) is 5.92 Å². The first kappa shape index (κ1) is 19.8. The highest BCUT2D eigenvalue weighted by Gasteiger charge is 2.17. The van der Waals surface area contributed by atoms with Crippen LogP contribution in [0.5, 0.6) is 11.5 Å². The highest BCUT2D eigenvalue weighted by atomic mass is 16.5. The van der Waals surface area contributed by atoms with E-state index in [1.54, 1.807) is 19.2 Å². The summed E-state index contributed by atoms with van der Waals surface area (Å²) in [4.78, 5) is 12.7. The number of amides is 1. The lowest BCUT2D eigenvalue weighted by atomic mass is 9.96. The van der Waals surface area contributed by atoms with E-state index in [0.717, 1.165) is 23.5 Å². The molecule has 0 fully saturated rings. The lowest BCUT2D eigenvalue weighted by Gasteiger charge is -2.21. The van der Waals surface area contributed by atoms with E-state index in [-0.39, 0.29) is 18.1 Å². The Kier molecular flexibility index (Phi) is 7.07. The van der Waals surface area contributed by atoms with E-state index in [4.69, 9.17) is 9.47 Å². The Bertz CT molecular complexity index is 690. The third-order valence-corrected chi connectivity index (χ3v) is 4.02. The molecule has 0 aromatic heterocycles. The van der Waals surface area contributed by atoms with Crippen LogP contribution in [0.2, 0.25) is 0 Å². The van der Waals surface area contributed by atoms with Crippen LogP contribution in [0.3, 0.4) is 0 Å². The zero-order chi connectivity index (χ0) is 19.1. The van der Waals surface area contributed by atoms with E-state index < -0.39 is 0 Å². The van der Waals surface area contributed by atoms with Crippen LogP contribution in [0.1, 0.15) is 56.1 Å². The minimum atomic E-state index is -0.0810. The molecule has 2 aromatic rings. The van der Waals surface area contributed by atoms with Crippen molar-refractivity contribution in [3.8, 4) is 11.5 Å². The molecule has 1 N–H and O–H groups in total. The third kappa shape index (κ3) is 5.80. The number of hydrogen-bond acceptors (Lipinski definition) is 3. The number of methoxy groups -OCH3 is 1. The summed E-state index contributed by atoms with van der Waals surface area (Å²) in [6.07, 6.45) is 0.979. The summed E-state index contributed by atoms with van der Waals surface area (Å²) in [5.41, 5.74) is 1.70. The summed E-state index contributed by atoms with van der Waals surface area (Å²) in [7, 11) is 1.65. The second-order valence-corrected chi connectivity index (χ2v) is 7.12. The molecule has 0 saturated carbocycles. The molecule has 1 atom stereocenters. The van der Waals surface area contributed by atoms with E-state index in [9.17, 15) is 4.79 Å². The second kappa shape index (κ2) is 9.27. The van der Waals surface area contributed by atoms with Gasteiger partial charge in [-0.2, -0.15) is 0 Å². The van der Waals surface area contributed by atoms with E-state index in [2.05, 4.69) is 19.2 Å². The van der Waals surface area contributed by atoms with Crippen LogP contribution < -0.4 is 14.8 Å². The quantitative estimate of drug-likeness (QED) is 0.725. The van der Waals surface area contributed by atoms with Gasteiger partial charge in [0.25, 0.3) is 5.91 Å². The highest BCUT2D eigenvalue weighted by Crippen LogP contribution is 2.24. The Hall–Kier alpha value is -2.49. The lowest BCUT2D eigenvalue weighted by Crippen LogP contribution is -2.29. The number of carbonyl (C=O) groups is 1. The average molecular weight is 355 g/mol. The predicted octanol–water partition coefficient (Wildman–Crippen LogP) is 5.00. The molecular weight excluding hydrogens is 326 g/mol. The molecule has 0 aliphatic rings. The van der Waals surface area contributed by atoms with Crippen molar-refractivity contribution < 1.29 is 14.3 Å². The van der Waals surface area contributed by atoms with Gasteiger partial charge in [0.2, 0.25) is 0 Å². The fourth-order valence-corrected chi connectivity index (χ4v) is 2.78. The molecule has 1 amide bonds. The zero-order valence-electron chi connectivity index (χ0n) is 16.3. The third-order valence-electron chi connectivity index (χ3n) is 4.02. The average Bonchev–Trinajstić information content (AvgIpc) is 2.61. The Morgan fingerprint density at radius 1 is 0.923 bits per heavy atom. The molecule has 0 saturated heterocycles. The smallest absolute Gasteiger partial charge is 0.251 e. The fourth-order valence-electron chi connectivity index (χ4n) is 2.78. The van der Waals surface area contributed by atoms with Gasteiger partial charge in [0, 0.05) is 5.56 Å². The number of benzene rings is 2. The Morgan fingerprint density at radius 3 is 2.00 bits per heavy atom. The van der Waals surface area contributed by atoms with Crippen molar-refractivity contribution in [3.05, 3.63) is 59.7 Å². The molecule has 0 aliphatic heterocycles. The van der Waals surface area contributed by atoms with Crippen LogP contribution in [0.4, 0.5) is 0 Å². The van der Waals surface area contributed by atoms with Gasteiger partial charge >= 0.3 is 0 Å². The summed E-state index contributed by atoms with van der Waals surface area (Å²) >= 11 is 0. The zero-order valence-corrected chi connectivity index (χ0v) is 16.3. The van der Waals surface area contributed by atoms with Crippen LogP contribution in [0.25, 0.3) is 0 Å². The molecule has 140 valence electrons. The van der Waals surface area contributed by atoms with Crippen LogP contribution in [-0.2, 0) is 0 Å². The fraction of sp³-hybridized carbons (Fsp3) is 0.409. The Labute approximate surface area is 156 Å². The SMILES string of the molecule is COc1ccc([C@H](CC(C)C)NC(=O)c2ccc(OC(C)C)cc2)cc1. The minimum absolute atomic E-state index is 0.0417. The van der Waals surface area contributed by atoms with Crippen molar-refractivity contribution in [1.29, 1.82) is 0 Å². The minimum Gasteiger partial charge on any atom is -0.497 e. The van der Waals surface area contributed by atoms with Crippen LogP contribution >= 0.6 is 0 Å². The maximum absolute atomic E-state index is 12.7. The van der Waals surface area contributed by atoms with E-state index in [1.165, 1.54) is 0 Å². The topological polar surface area (TPSA) is 47.6 Å². The molecule has 4 heteroatoms. The number of hydrogen-bond donors (Lipinski definition) is 1. The van der Waals surface area contributed by atoms with Crippen molar-refractivity contribution in [3.63, 3.8) is 0 Å². The number of rotatable bonds is 8. The van der Waals surface area contributed by atoms with Crippen LogP contribution in [-0.4, -0.2) is 19.1 Å². The van der Waals surface area contributed by atoms with Gasteiger partial charge < -0.3 is 14.8 Å². The summed E-state index contributed by atoms with van der Waals surface area (Å²) in [6, 6.07) is 15.1. The first-order chi connectivity index (χ1) is 12.4. The molecule has 0 radical (unpaired) electrons. The number of ether oxygens (including phenoxy) is 2. The summed E-state index contributed by atoms with van der Waals surface area (Å²) in [5, 5.41) is 3.16. The van der Waals surface area contributed by atoms with Gasteiger partial charge in [-0.1, -0.05) is 26.0 Å². The second-order valence-electron chi connectivity index (χ2n) is 7.12. The lowest BCUT2D eigenvalue weighted by molar-refractivity contribution is 0.0932. The molecule has 0 spiro atoms. The molecule has 0 aliphatic carbocycles. The van der Waals surface area contributed by atoms with Gasteiger partial charge in [-0.25, -0.2) is 0 Å². The number of carbonyl (C=O) groups excluding carboxylic acids is 1. The molecule has 0 bridgehead atoms. The molecule has 0 unspecified atom stereocenters. The maximum atomic E-state index is 12.7. The molecule has 0 heterocycles. The van der Waals surface area contributed by atoms with Crippen LogP contribution in [0.15, 0.2) is 48.5 Å². The summed E-state index contributed by atoms with van der Waals surface area (Å²) < 4.78 is 10.9. The first-order valence-electron chi connectivity index (χ1n) is 9.10. The monoisotopic (exact) mass is 355 g/mol. The molecule has 4 nitrogen and oxygen atoms in total. The highest BCUT2D eigenvalue weighted by molar-refractivity contribution is 5.94. The largest absolute Gasteiger partial charge is 0.497 e. The Balaban J connectivity index is 2.12. The molecule has 2 aromatic carbocycles. The van der Waals surface area contributed by atoms with Crippen molar-refractivity contribution in [2.45, 2.75) is 46.3 Å². The van der Waals surface area contributed by atoms with Gasteiger partial charge in [0.1, 0.15) is 11.5 Å². The van der Waals surface area contributed by atoms with E-state index >= 15 is 0 Å². The molecule has 2 rings (SSSR count). The molecular formula is C22H29NO3. The van der Waals surface area contributed by atoms with Crippen molar-refractivity contribution in [2.75, 3.05) is 7.11 Å². The first-order valence-corrected chi connectivity index (χ1v) is 9.10. The van der Waals surface area contributed by atoms with Gasteiger partial charge in [-0.05, 0) is 68.1 Å². The van der Waals surface area contributed by atoms with E-state index in [0.29, 0.717) is 11.5 Å². The Morgan fingerprint density at radius 2 is 1.50 bits per heavy atom. The van der Waals surface area contributed by atoms with Crippen molar-refractivity contribution in [1.82, 2.24) is 5.32 Å². The summed E-state index contributed by atoms with van der Waals surface area (Å²) in [6.45, 7) is 8.26. The normalized spacial score (nSPS) is 12.1. The van der Waals surface area contributed by atoms with Gasteiger partial charge in [0.15, 0.2) is 0 Å². The van der Waals surface area contributed by atoms with Gasteiger partial charge in [0.05, 0.1) is 19.3 Å². The summed E-state index contributed by atoms with van der Waals surface area (Å²) in [5.74, 6) is 1.96. The predicted molar refractivity (Wildman–Crippen MR) is 105 cm³/mol. The van der Waals surface area contributed by atoms with Gasteiger partial charge in [-0.3, -0.25) is 4.79 Å². The van der Waals surface area contributed by atoms with E-state index in [1.807, 2.05) is 50.2 Å². The van der Waals surface area contributed by atoms with Crippen LogP contribution in [0, 0.1) is 5.92 Å². The van der Waals surface area contributed by atoms with Gasteiger partial charge in [-0.15, -0.1) is 0 Å². The maximum Gasteiger partial charge on any atom is 0.251 e. The molecule has 26 heavy (non-hydrogen) atoms. The standard InChI is InChI=1S/C22H29NO3/c1-15(2)14-21(17-6-10-19(25-5)11-7-17)23-22(24)18-8-12-20(13-9-18)26-16(3)4/h6-13,15-16,21H,14H2,1-5H3,(H,23,24)/t21-/m0/s1.